The van der Waals surface area contributed by atoms with Crippen molar-refractivity contribution in [1.29, 1.82) is 0 Å². The summed E-state index contributed by atoms with van der Waals surface area (Å²) in [5.41, 5.74) is 1.66. The molecular formula is C12H18O4S. The summed E-state index contributed by atoms with van der Waals surface area (Å²) >= 11 is 0. The first-order valence-corrected chi connectivity index (χ1v) is 7.03. The van der Waals surface area contributed by atoms with Crippen molar-refractivity contribution < 1.29 is 18.1 Å². The summed E-state index contributed by atoms with van der Waals surface area (Å²) in [4.78, 5) is -0.123. The van der Waals surface area contributed by atoms with Gasteiger partial charge < -0.3 is 5.11 Å². The van der Waals surface area contributed by atoms with Gasteiger partial charge in [-0.15, -0.1) is 0 Å². The first-order chi connectivity index (χ1) is 7.84. The predicted octanol–water partition coefficient (Wildman–Crippen LogP) is 1.95. The molecule has 1 aromatic carbocycles. The van der Waals surface area contributed by atoms with Crippen LogP contribution in [0.15, 0.2) is 23.1 Å². The largest absolute Gasteiger partial charge is 0.393 e. The lowest BCUT2D eigenvalue weighted by atomic mass is 10.0. The van der Waals surface area contributed by atoms with Gasteiger partial charge in [0.15, 0.2) is 0 Å². The van der Waals surface area contributed by atoms with Gasteiger partial charge in [-0.3, -0.25) is 4.55 Å². The summed E-state index contributed by atoms with van der Waals surface area (Å²) in [6.07, 6.45) is 1.48. The van der Waals surface area contributed by atoms with E-state index in [2.05, 4.69) is 0 Å². The molecule has 1 aromatic rings. The van der Waals surface area contributed by atoms with E-state index in [-0.39, 0.29) is 4.90 Å². The minimum Gasteiger partial charge on any atom is -0.393 e. The molecule has 0 spiro atoms. The maximum Gasteiger partial charge on any atom is 0.294 e. The van der Waals surface area contributed by atoms with Crippen LogP contribution in [0.5, 0.6) is 0 Å². The second-order valence-corrected chi connectivity index (χ2v) is 5.63. The van der Waals surface area contributed by atoms with Gasteiger partial charge >= 0.3 is 0 Å². The summed E-state index contributed by atoms with van der Waals surface area (Å²) in [5.74, 6) is 0. The molecule has 1 unspecified atom stereocenters. The van der Waals surface area contributed by atoms with Gasteiger partial charge in [0.25, 0.3) is 10.1 Å². The fourth-order valence-corrected chi connectivity index (χ4v) is 2.25. The highest BCUT2D eigenvalue weighted by Gasteiger charge is 2.13. The lowest BCUT2D eigenvalue weighted by Crippen LogP contribution is -2.11. The van der Waals surface area contributed by atoms with E-state index in [0.29, 0.717) is 12.8 Å². The summed E-state index contributed by atoms with van der Waals surface area (Å²) in [7, 11) is -4.17. The second-order valence-electron chi connectivity index (χ2n) is 4.21. The van der Waals surface area contributed by atoms with Gasteiger partial charge in [-0.25, -0.2) is 0 Å². The molecule has 0 saturated heterocycles. The van der Waals surface area contributed by atoms with E-state index in [1.165, 1.54) is 12.1 Å². The molecule has 1 atom stereocenters. The van der Waals surface area contributed by atoms with Crippen molar-refractivity contribution in [3.63, 3.8) is 0 Å². The Bertz CT molecular complexity index is 479. The Hall–Kier alpha value is -0.910. The van der Waals surface area contributed by atoms with Crippen molar-refractivity contribution in [3.8, 4) is 0 Å². The molecule has 4 nitrogen and oxygen atoms in total. The van der Waals surface area contributed by atoms with Crippen molar-refractivity contribution in [3.05, 3.63) is 29.3 Å². The zero-order chi connectivity index (χ0) is 13.1. The number of hydrogen-bond donors (Lipinski definition) is 2. The van der Waals surface area contributed by atoms with Crippen LogP contribution in [-0.4, -0.2) is 24.2 Å². The Morgan fingerprint density at radius 2 is 2.00 bits per heavy atom. The molecular weight excluding hydrogens is 240 g/mol. The minimum atomic E-state index is -4.17. The summed E-state index contributed by atoms with van der Waals surface area (Å²) < 4.78 is 31.0. The average Bonchev–Trinajstić information content (AvgIpc) is 2.20. The molecule has 0 radical (unpaired) electrons. The molecule has 0 aliphatic rings. The number of aliphatic hydroxyl groups excluding tert-OH is 1. The third kappa shape index (κ3) is 4.11. The number of aliphatic hydroxyl groups is 1. The van der Waals surface area contributed by atoms with Gasteiger partial charge in [0, 0.05) is 0 Å². The predicted molar refractivity (Wildman–Crippen MR) is 65.6 cm³/mol. The van der Waals surface area contributed by atoms with Crippen LogP contribution >= 0.6 is 0 Å². The van der Waals surface area contributed by atoms with Crippen LogP contribution in [-0.2, 0) is 16.5 Å². The first-order valence-electron chi connectivity index (χ1n) is 5.59. The third-order valence-electron chi connectivity index (χ3n) is 2.70. The van der Waals surface area contributed by atoms with Crippen molar-refractivity contribution in [2.75, 3.05) is 0 Å². The molecule has 0 aliphatic carbocycles. The number of hydrogen-bond acceptors (Lipinski definition) is 3. The van der Waals surface area contributed by atoms with E-state index in [1.807, 2.05) is 13.8 Å². The third-order valence-corrected chi connectivity index (χ3v) is 3.55. The Kier molecular flexibility index (Phi) is 4.68. The monoisotopic (exact) mass is 258 g/mol. The van der Waals surface area contributed by atoms with Crippen LogP contribution in [0.25, 0.3) is 0 Å². The van der Waals surface area contributed by atoms with Crippen LogP contribution in [0.1, 0.15) is 30.9 Å². The van der Waals surface area contributed by atoms with Gasteiger partial charge in [0.1, 0.15) is 0 Å². The van der Waals surface area contributed by atoms with Crippen LogP contribution in [0.3, 0.4) is 0 Å². The fraction of sp³-hybridized carbons (Fsp3) is 0.500. The van der Waals surface area contributed by atoms with E-state index >= 15 is 0 Å². The molecule has 0 fully saturated rings. The molecule has 0 heterocycles. The van der Waals surface area contributed by atoms with E-state index in [0.717, 1.165) is 17.5 Å². The van der Waals surface area contributed by atoms with Crippen molar-refractivity contribution in [2.24, 2.45) is 0 Å². The van der Waals surface area contributed by atoms with Gasteiger partial charge in [0.05, 0.1) is 11.0 Å². The quantitative estimate of drug-likeness (QED) is 0.791. The normalized spacial score (nSPS) is 13.6. The van der Waals surface area contributed by atoms with Gasteiger partial charge in [-0.05, 0) is 43.0 Å². The van der Waals surface area contributed by atoms with Crippen LogP contribution in [0, 0.1) is 6.92 Å². The molecule has 96 valence electrons. The standard InChI is InChI=1S/C12H18O4S/c1-3-4-11(13)7-10-8-12(17(14,15)16)6-5-9(10)2/h5-6,8,11,13H,3-4,7H2,1-2H3,(H,14,15,16). The number of rotatable bonds is 5. The molecule has 0 bridgehead atoms. The topological polar surface area (TPSA) is 74.6 Å². The summed E-state index contributed by atoms with van der Waals surface area (Å²) in [6.45, 7) is 3.83. The maximum absolute atomic E-state index is 11.0. The minimum absolute atomic E-state index is 0.123. The highest BCUT2D eigenvalue weighted by molar-refractivity contribution is 7.85. The van der Waals surface area contributed by atoms with E-state index in [1.54, 1.807) is 6.07 Å². The second kappa shape index (κ2) is 5.62. The smallest absolute Gasteiger partial charge is 0.294 e. The molecule has 0 aliphatic heterocycles. The maximum atomic E-state index is 11.0. The molecule has 1 rings (SSSR count). The zero-order valence-corrected chi connectivity index (χ0v) is 10.9. The van der Waals surface area contributed by atoms with Gasteiger partial charge in [-0.1, -0.05) is 19.4 Å². The summed E-state index contributed by atoms with van der Waals surface area (Å²) in [5, 5.41) is 9.71. The summed E-state index contributed by atoms with van der Waals surface area (Å²) in [6, 6.07) is 4.42. The lowest BCUT2D eigenvalue weighted by Gasteiger charge is -2.12. The van der Waals surface area contributed by atoms with Gasteiger partial charge in [-0.2, -0.15) is 8.42 Å². The van der Waals surface area contributed by atoms with Crippen LogP contribution < -0.4 is 0 Å². The molecule has 2 N–H and O–H groups in total. The molecule has 0 amide bonds. The zero-order valence-electron chi connectivity index (χ0n) is 10.0. The highest BCUT2D eigenvalue weighted by atomic mass is 32.2. The molecule has 0 saturated carbocycles. The van der Waals surface area contributed by atoms with Crippen molar-refractivity contribution in [2.45, 2.75) is 44.1 Å². The average molecular weight is 258 g/mol. The molecule has 17 heavy (non-hydrogen) atoms. The number of aryl methyl sites for hydroxylation is 1. The fourth-order valence-electron chi connectivity index (χ4n) is 1.72. The Labute approximate surface area is 102 Å². The first kappa shape index (κ1) is 14.2. The van der Waals surface area contributed by atoms with Crippen molar-refractivity contribution in [1.82, 2.24) is 0 Å². The van der Waals surface area contributed by atoms with Crippen molar-refractivity contribution >= 4 is 10.1 Å². The number of benzene rings is 1. The lowest BCUT2D eigenvalue weighted by molar-refractivity contribution is 0.163. The van der Waals surface area contributed by atoms with E-state index in [9.17, 15) is 13.5 Å². The Morgan fingerprint density at radius 1 is 1.35 bits per heavy atom. The van der Waals surface area contributed by atoms with Crippen LogP contribution in [0.4, 0.5) is 0 Å². The SMILES string of the molecule is CCCC(O)Cc1cc(S(=O)(=O)O)ccc1C. The van der Waals surface area contributed by atoms with Crippen LogP contribution in [0.2, 0.25) is 0 Å². The van der Waals surface area contributed by atoms with E-state index < -0.39 is 16.2 Å². The highest BCUT2D eigenvalue weighted by Crippen LogP contribution is 2.18. The molecule has 5 heteroatoms. The Balaban J connectivity index is 2.99. The Morgan fingerprint density at radius 3 is 2.53 bits per heavy atom. The van der Waals surface area contributed by atoms with E-state index in [4.69, 9.17) is 4.55 Å². The molecule has 0 aromatic heterocycles. The van der Waals surface area contributed by atoms with Gasteiger partial charge in [0.2, 0.25) is 0 Å².